The number of fused-ring (bicyclic) bond motifs is 1. The molecule has 1 aromatic carbocycles. The molecule has 1 aromatic heterocycles. The molecule has 0 saturated carbocycles. The van der Waals surface area contributed by atoms with E-state index in [1.165, 1.54) is 12.1 Å². The topological polar surface area (TPSA) is 51.7 Å². The lowest BCUT2D eigenvalue weighted by atomic mass is 9.82. The van der Waals surface area contributed by atoms with Gasteiger partial charge in [-0.25, -0.2) is 9.37 Å². The van der Waals surface area contributed by atoms with Crippen molar-refractivity contribution in [3.63, 3.8) is 0 Å². The highest BCUT2D eigenvalue weighted by molar-refractivity contribution is 5.94. The summed E-state index contributed by atoms with van der Waals surface area (Å²) in [5.41, 5.74) is 0.141. The van der Waals surface area contributed by atoms with E-state index in [0.717, 1.165) is 0 Å². The molecule has 3 heterocycles. The summed E-state index contributed by atoms with van der Waals surface area (Å²) < 4.78 is 24.9. The number of amides is 1. The van der Waals surface area contributed by atoms with Crippen LogP contribution in [0.15, 0.2) is 48.7 Å². The molecule has 4 rings (SSSR count). The van der Waals surface area contributed by atoms with Gasteiger partial charge in [0.1, 0.15) is 5.82 Å². The second kappa shape index (κ2) is 6.44. The Labute approximate surface area is 145 Å². The molecule has 25 heavy (non-hydrogen) atoms. The summed E-state index contributed by atoms with van der Waals surface area (Å²) in [6, 6.07) is 11.3. The first kappa shape index (κ1) is 16.0. The maximum Gasteiger partial charge on any atom is 0.253 e. The van der Waals surface area contributed by atoms with Gasteiger partial charge in [-0.15, -0.1) is 0 Å². The van der Waals surface area contributed by atoms with Crippen molar-refractivity contribution in [2.24, 2.45) is 11.3 Å². The van der Waals surface area contributed by atoms with E-state index in [2.05, 4.69) is 4.98 Å². The Morgan fingerprint density at radius 2 is 2.28 bits per heavy atom. The van der Waals surface area contributed by atoms with Gasteiger partial charge in [0.2, 0.25) is 5.88 Å². The first-order chi connectivity index (χ1) is 12.2. The van der Waals surface area contributed by atoms with Gasteiger partial charge < -0.3 is 14.4 Å². The first-order valence-electron chi connectivity index (χ1n) is 8.33. The molecule has 6 heteroatoms. The van der Waals surface area contributed by atoms with Gasteiger partial charge in [-0.2, -0.15) is 0 Å². The first-order valence-corrected chi connectivity index (χ1v) is 8.33. The van der Waals surface area contributed by atoms with Gasteiger partial charge in [0.25, 0.3) is 5.91 Å². The van der Waals surface area contributed by atoms with E-state index in [1.807, 2.05) is 18.2 Å². The van der Waals surface area contributed by atoms with Crippen LogP contribution in [0, 0.1) is 17.2 Å². The van der Waals surface area contributed by atoms with Crippen molar-refractivity contribution in [2.75, 3.05) is 32.9 Å². The Morgan fingerprint density at radius 1 is 1.36 bits per heavy atom. The predicted molar refractivity (Wildman–Crippen MR) is 88.8 cm³/mol. The molecule has 1 amide bonds. The molecule has 2 atom stereocenters. The number of rotatable bonds is 4. The van der Waals surface area contributed by atoms with Crippen LogP contribution in [0.2, 0.25) is 0 Å². The number of halogens is 1. The molecular weight excluding hydrogens is 323 g/mol. The summed E-state index contributed by atoms with van der Waals surface area (Å²) in [6.45, 7) is 2.75. The number of carbonyl (C=O) groups is 1. The third-order valence-corrected chi connectivity index (χ3v) is 5.03. The number of likely N-dealkylation sites (tertiary alicyclic amines) is 1. The molecule has 0 unspecified atom stereocenters. The number of ether oxygens (including phenoxy) is 2. The van der Waals surface area contributed by atoms with E-state index in [4.69, 9.17) is 9.47 Å². The number of carbonyl (C=O) groups excluding carboxylic acids is 1. The molecule has 0 aliphatic carbocycles. The number of hydrogen-bond acceptors (Lipinski definition) is 4. The van der Waals surface area contributed by atoms with Gasteiger partial charge in [-0.05, 0) is 24.3 Å². The van der Waals surface area contributed by atoms with Crippen molar-refractivity contribution in [3.05, 3.63) is 60.0 Å². The van der Waals surface area contributed by atoms with Crippen LogP contribution in [0.5, 0.6) is 5.88 Å². The molecular formula is C19H19FN2O3. The Bertz CT molecular complexity index is 770. The number of nitrogens with zero attached hydrogens (tertiary/aromatic N) is 2. The van der Waals surface area contributed by atoms with E-state index < -0.39 is 5.82 Å². The molecule has 130 valence electrons. The monoisotopic (exact) mass is 342 g/mol. The largest absolute Gasteiger partial charge is 0.477 e. The van der Waals surface area contributed by atoms with Crippen LogP contribution in [0.25, 0.3) is 0 Å². The summed E-state index contributed by atoms with van der Waals surface area (Å²) in [7, 11) is 0. The predicted octanol–water partition coefficient (Wildman–Crippen LogP) is 2.39. The fourth-order valence-electron chi connectivity index (χ4n) is 3.64. The lowest BCUT2D eigenvalue weighted by Crippen LogP contribution is -2.38. The number of hydrogen-bond donors (Lipinski definition) is 0. The Morgan fingerprint density at radius 3 is 3.08 bits per heavy atom. The zero-order valence-electron chi connectivity index (χ0n) is 13.7. The van der Waals surface area contributed by atoms with Crippen LogP contribution in [0.3, 0.4) is 0 Å². The normalized spacial score (nSPS) is 25.0. The zero-order chi connectivity index (χ0) is 17.3. The summed E-state index contributed by atoms with van der Waals surface area (Å²) in [5, 5.41) is 0. The minimum absolute atomic E-state index is 0.147. The highest BCUT2D eigenvalue weighted by Gasteiger charge is 2.52. The fraction of sp³-hybridized carbons (Fsp3) is 0.368. The standard InChI is InChI=1S/C19H19FN2O3/c20-16-5-3-4-14(8-16)18(23)22-9-15-10-24-12-19(15,11-22)13-25-17-6-1-2-7-21-17/h1-8,15H,9-13H2/t15-,19+/m1/s1. The molecule has 2 fully saturated rings. The maximum absolute atomic E-state index is 13.4. The van der Waals surface area contributed by atoms with Crippen molar-refractivity contribution < 1.29 is 18.7 Å². The lowest BCUT2D eigenvalue weighted by molar-refractivity contribution is 0.0655. The number of aromatic nitrogens is 1. The van der Waals surface area contributed by atoms with Crippen LogP contribution in [0.1, 0.15) is 10.4 Å². The highest BCUT2D eigenvalue weighted by Crippen LogP contribution is 2.42. The van der Waals surface area contributed by atoms with Crippen LogP contribution < -0.4 is 4.74 Å². The third kappa shape index (κ3) is 3.09. The molecule has 2 aliphatic heterocycles. The van der Waals surface area contributed by atoms with Crippen molar-refractivity contribution in [1.82, 2.24) is 9.88 Å². The molecule has 2 aromatic rings. The summed E-state index contributed by atoms with van der Waals surface area (Å²) in [6.07, 6.45) is 1.68. The number of pyridine rings is 1. The molecule has 0 N–H and O–H groups in total. The van der Waals surface area contributed by atoms with Gasteiger partial charge in [-0.1, -0.05) is 12.1 Å². The fourth-order valence-corrected chi connectivity index (χ4v) is 3.64. The van der Waals surface area contributed by atoms with Gasteiger partial charge >= 0.3 is 0 Å². The van der Waals surface area contributed by atoms with E-state index in [1.54, 1.807) is 23.2 Å². The van der Waals surface area contributed by atoms with Crippen LogP contribution in [-0.4, -0.2) is 48.7 Å². The van der Waals surface area contributed by atoms with Crippen LogP contribution >= 0.6 is 0 Å². The average Bonchev–Trinajstić information content (AvgIpc) is 3.17. The smallest absolute Gasteiger partial charge is 0.253 e. The Kier molecular flexibility index (Phi) is 4.13. The van der Waals surface area contributed by atoms with Gasteiger partial charge in [0.05, 0.1) is 25.2 Å². The van der Waals surface area contributed by atoms with Crippen molar-refractivity contribution >= 4 is 5.91 Å². The average molecular weight is 342 g/mol. The minimum atomic E-state index is -0.401. The Hall–Kier alpha value is -2.47. The molecule has 0 bridgehead atoms. The molecule has 2 aliphatic rings. The van der Waals surface area contributed by atoms with Gasteiger partial charge in [0, 0.05) is 36.8 Å². The van der Waals surface area contributed by atoms with Crippen LogP contribution in [-0.2, 0) is 4.74 Å². The third-order valence-electron chi connectivity index (χ3n) is 5.03. The molecule has 2 saturated heterocycles. The van der Waals surface area contributed by atoms with Crippen LogP contribution in [0.4, 0.5) is 4.39 Å². The van der Waals surface area contributed by atoms with E-state index in [9.17, 15) is 9.18 Å². The van der Waals surface area contributed by atoms with E-state index >= 15 is 0 Å². The zero-order valence-corrected chi connectivity index (χ0v) is 13.7. The van der Waals surface area contributed by atoms with Gasteiger partial charge in [-0.3, -0.25) is 4.79 Å². The van der Waals surface area contributed by atoms with Crippen molar-refractivity contribution in [2.45, 2.75) is 0 Å². The summed E-state index contributed by atoms with van der Waals surface area (Å²) >= 11 is 0. The molecule has 0 spiro atoms. The summed E-state index contributed by atoms with van der Waals surface area (Å²) in [4.78, 5) is 18.7. The minimum Gasteiger partial charge on any atom is -0.477 e. The van der Waals surface area contributed by atoms with Crippen molar-refractivity contribution in [1.29, 1.82) is 0 Å². The Balaban J connectivity index is 1.48. The molecule has 0 radical (unpaired) electrons. The SMILES string of the molecule is O=C(c1cccc(F)c1)N1C[C@@H]2COC[C@]2(COc2ccccn2)C1. The lowest BCUT2D eigenvalue weighted by Gasteiger charge is -2.26. The maximum atomic E-state index is 13.4. The second-order valence-corrected chi connectivity index (χ2v) is 6.73. The summed E-state index contributed by atoms with van der Waals surface area (Å²) in [5.74, 6) is 0.235. The van der Waals surface area contributed by atoms with Crippen molar-refractivity contribution in [3.8, 4) is 5.88 Å². The van der Waals surface area contributed by atoms with E-state index in [-0.39, 0.29) is 17.2 Å². The molecule has 5 nitrogen and oxygen atoms in total. The highest BCUT2D eigenvalue weighted by atomic mass is 19.1. The van der Waals surface area contributed by atoms with Gasteiger partial charge in [0.15, 0.2) is 0 Å². The quantitative estimate of drug-likeness (QED) is 0.856. The second-order valence-electron chi connectivity index (χ2n) is 6.73. The van der Waals surface area contributed by atoms with E-state index in [0.29, 0.717) is 44.4 Å². The number of benzene rings is 1.